The summed E-state index contributed by atoms with van der Waals surface area (Å²) in [6, 6.07) is 14.6. The lowest BCUT2D eigenvalue weighted by Crippen LogP contribution is -2.31. The lowest BCUT2D eigenvalue weighted by atomic mass is 10.1. The van der Waals surface area contributed by atoms with Gasteiger partial charge in [-0.2, -0.15) is 0 Å². The van der Waals surface area contributed by atoms with Crippen LogP contribution in [0.25, 0.3) is 5.57 Å². The number of carbonyl (C=O) groups is 2. The maximum atomic E-state index is 13.0. The van der Waals surface area contributed by atoms with Crippen molar-refractivity contribution in [3.05, 3.63) is 64.6 Å². The third kappa shape index (κ3) is 3.20. The maximum absolute atomic E-state index is 13.0. The van der Waals surface area contributed by atoms with Gasteiger partial charge in [0, 0.05) is 0 Å². The van der Waals surface area contributed by atoms with Crippen molar-refractivity contribution >= 4 is 34.8 Å². The van der Waals surface area contributed by atoms with Gasteiger partial charge in [0.25, 0.3) is 11.8 Å². The van der Waals surface area contributed by atoms with Gasteiger partial charge in [0.1, 0.15) is 5.75 Å². The monoisotopic (exact) mass is 353 g/mol. The van der Waals surface area contributed by atoms with E-state index in [-0.39, 0.29) is 11.8 Å². The number of methoxy groups -OCH3 is 1. The lowest BCUT2D eigenvalue weighted by molar-refractivity contribution is -0.119. The van der Waals surface area contributed by atoms with E-state index >= 15 is 0 Å². The molecule has 0 bridgehead atoms. The summed E-state index contributed by atoms with van der Waals surface area (Å²) in [5, 5.41) is 0. The second-order valence-corrected chi connectivity index (χ2v) is 6.92. The minimum absolute atomic E-state index is 0.258. The van der Waals surface area contributed by atoms with E-state index in [1.165, 1.54) is 16.7 Å². The van der Waals surface area contributed by atoms with E-state index in [1.807, 2.05) is 38.1 Å². The van der Waals surface area contributed by atoms with Gasteiger partial charge in [-0.1, -0.05) is 36.8 Å². The van der Waals surface area contributed by atoms with E-state index in [1.54, 1.807) is 31.4 Å². The Bertz CT molecular complexity index is 838. The predicted molar refractivity (Wildman–Crippen MR) is 102 cm³/mol. The summed E-state index contributed by atoms with van der Waals surface area (Å²) < 4.78 is 5.17. The molecule has 0 unspecified atom stereocenters. The number of rotatable bonds is 5. The van der Waals surface area contributed by atoms with Gasteiger partial charge in [-0.25, -0.2) is 4.90 Å². The first-order chi connectivity index (χ1) is 12.1. The largest absolute Gasteiger partial charge is 0.497 e. The molecular formula is C20H19NO3S. The van der Waals surface area contributed by atoms with E-state index in [0.29, 0.717) is 21.9 Å². The standard InChI is InChI=1S/C20H19NO3S/c1-4-25-18-17(14-7-11-16(24-3)12-8-14)19(22)21(20(18)23)15-9-5-13(2)6-10-15/h5-12H,4H2,1-3H3. The Balaban J connectivity index is 2.05. The van der Waals surface area contributed by atoms with E-state index < -0.39 is 0 Å². The minimum Gasteiger partial charge on any atom is -0.497 e. The maximum Gasteiger partial charge on any atom is 0.272 e. The van der Waals surface area contributed by atoms with E-state index in [4.69, 9.17) is 4.74 Å². The molecule has 0 N–H and O–H groups in total. The van der Waals surface area contributed by atoms with Crippen molar-refractivity contribution in [1.29, 1.82) is 0 Å². The van der Waals surface area contributed by atoms with Crippen LogP contribution in [0.5, 0.6) is 5.75 Å². The van der Waals surface area contributed by atoms with Crippen molar-refractivity contribution in [3.8, 4) is 5.75 Å². The highest BCUT2D eigenvalue weighted by molar-refractivity contribution is 8.04. The summed E-state index contributed by atoms with van der Waals surface area (Å²) in [6.07, 6.45) is 0. The van der Waals surface area contributed by atoms with E-state index in [9.17, 15) is 9.59 Å². The average Bonchev–Trinajstić information content (AvgIpc) is 2.87. The smallest absolute Gasteiger partial charge is 0.272 e. The van der Waals surface area contributed by atoms with Crippen LogP contribution >= 0.6 is 11.8 Å². The van der Waals surface area contributed by atoms with E-state index in [0.717, 1.165) is 16.9 Å². The van der Waals surface area contributed by atoms with Crippen LogP contribution in [0.1, 0.15) is 18.1 Å². The second-order valence-electron chi connectivity index (χ2n) is 5.65. The Morgan fingerprint density at radius 1 is 0.960 bits per heavy atom. The first kappa shape index (κ1) is 17.3. The van der Waals surface area contributed by atoms with Gasteiger partial charge in [-0.05, 0) is 42.5 Å². The van der Waals surface area contributed by atoms with Crippen LogP contribution < -0.4 is 9.64 Å². The van der Waals surface area contributed by atoms with Crippen LogP contribution in [0, 0.1) is 6.92 Å². The fraction of sp³-hybridized carbons (Fsp3) is 0.200. The molecule has 5 heteroatoms. The van der Waals surface area contributed by atoms with Crippen molar-refractivity contribution < 1.29 is 14.3 Å². The molecule has 0 spiro atoms. The first-order valence-corrected chi connectivity index (χ1v) is 9.02. The number of imide groups is 1. The second kappa shape index (κ2) is 7.15. The van der Waals surface area contributed by atoms with Crippen molar-refractivity contribution in [2.45, 2.75) is 13.8 Å². The Morgan fingerprint density at radius 3 is 2.16 bits per heavy atom. The highest BCUT2D eigenvalue weighted by atomic mass is 32.2. The van der Waals surface area contributed by atoms with Crippen LogP contribution in [0.4, 0.5) is 5.69 Å². The molecule has 3 rings (SSSR count). The van der Waals surface area contributed by atoms with Gasteiger partial charge in [0.2, 0.25) is 0 Å². The number of ether oxygens (including phenoxy) is 1. The van der Waals surface area contributed by atoms with Gasteiger partial charge >= 0.3 is 0 Å². The fourth-order valence-electron chi connectivity index (χ4n) is 2.73. The first-order valence-electron chi connectivity index (χ1n) is 8.03. The third-order valence-corrected chi connectivity index (χ3v) is 4.96. The Morgan fingerprint density at radius 2 is 1.60 bits per heavy atom. The van der Waals surface area contributed by atoms with Crippen LogP contribution in [-0.4, -0.2) is 24.7 Å². The molecule has 25 heavy (non-hydrogen) atoms. The fourth-order valence-corrected chi connectivity index (χ4v) is 3.58. The zero-order chi connectivity index (χ0) is 18.0. The Hall–Kier alpha value is -2.53. The molecule has 1 aliphatic rings. The molecule has 0 aliphatic carbocycles. The Labute approximate surface area is 151 Å². The molecule has 0 fully saturated rings. The molecule has 0 saturated heterocycles. The molecule has 1 heterocycles. The third-order valence-electron chi connectivity index (χ3n) is 4.00. The molecule has 4 nitrogen and oxygen atoms in total. The summed E-state index contributed by atoms with van der Waals surface area (Å²) in [5.74, 6) is 0.887. The van der Waals surface area contributed by atoms with Crippen molar-refractivity contribution in [2.75, 3.05) is 17.8 Å². The average molecular weight is 353 g/mol. The van der Waals surface area contributed by atoms with Crippen LogP contribution in [0.15, 0.2) is 53.4 Å². The van der Waals surface area contributed by atoms with Crippen LogP contribution in [0.3, 0.4) is 0 Å². The topological polar surface area (TPSA) is 46.6 Å². The Kier molecular flexibility index (Phi) is 4.95. The molecule has 2 aromatic rings. The van der Waals surface area contributed by atoms with Gasteiger partial charge in [0.15, 0.2) is 0 Å². The zero-order valence-corrected chi connectivity index (χ0v) is 15.2. The number of amides is 2. The van der Waals surface area contributed by atoms with Crippen molar-refractivity contribution in [3.63, 3.8) is 0 Å². The molecule has 1 aliphatic heterocycles. The molecule has 2 aromatic carbocycles. The molecule has 0 atom stereocenters. The number of benzene rings is 2. The molecular weight excluding hydrogens is 334 g/mol. The molecule has 2 amide bonds. The number of hydrogen-bond acceptors (Lipinski definition) is 4. The SMILES string of the molecule is CCSC1=C(c2ccc(OC)cc2)C(=O)N(c2ccc(C)cc2)C1=O. The van der Waals surface area contributed by atoms with Gasteiger partial charge in [-0.3, -0.25) is 9.59 Å². The van der Waals surface area contributed by atoms with Gasteiger partial charge < -0.3 is 4.74 Å². The number of hydrogen-bond donors (Lipinski definition) is 0. The van der Waals surface area contributed by atoms with Gasteiger partial charge in [0.05, 0.1) is 23.3 Å². The lowest BCUT2D eigenvalue weighted by Gasteiger charge is -2.15. The molecule has 0 aromatic heterocycles. The summed E-state index contributed by atoms with van der Waals surface area (Å²) in [7, 11) is 1.59. The number of anilines is 1. The predicted octanol–water partition coefficient (Wildman–Crippen LogP) is 4.04. The van der Waals surface area contributed by atoms with E-state index in [2.05, 4.69) is 0 Å². The van der Waals surface area contributed by atoms with Crippen LogP contribution in [0.2, 0.25) is 0 Å². The van der Waals surface area contributed by atoms with Crippen molar-refractivity contribution in [2.24, 2.45) is 0 Å². The highest BCUT2D eigenvalue weighted by Gasteiger charge is 2.39. The number of aryl methyl sites for hydroxylation is 1. The summed E-state index contributed by atoms with van der Waals surface area (Å²) in [5.41, 5.74) is 2.86. The minimum atomic E-state index is -0.282. The highest BCUT2D eigenvalue weighted by Crippen LogP contribution is 2.38. The number of carbonyl (C=O) groups excluding carboxylic acids is 2. The zero-order valence-electron chi connectivity index (χ0n) is 14.4. The summed E-state index contributed by atoms with van der Waals surface area (Å²) >= 11 is 1.40. The molecule has 0 saturated carbocycles. The quantitative estimate of drug-likeness (QED) is 0.761. The molecule has 0 radical (unpaired) electrons. The van der Waals surface area contributed by atoms with Gasteiger partial charge in [-0.15, -0.1) is 11.8 Å². The number of nitrogens with zero attached hydrogens (tertiary/aromatic N) is 1. The summed E-state index contributed by atoms with van der Waals surface area (Å²) in [4.78, 5) is 27.7. The number of thioether (sulfide) groups is 1. The van der Waals surface area contributed by atoms with Crippen LogP contribution in [-0.2, 0) is 9.59 Å². The summed E-state index contributed by atoms with van der Waals surface area (Å²) in [6.45, 7) is 3.94. The normalized spacial score (nSPS) is 14.4. The van der Waals surface area contributed by atoms with Crippen molar-refractivity contribution in [1.82, 2.24) is 0 Å². The molecule has 128 valence electrons.